The van der Waals surface area contributed by atoms with Crippen molar-refractivity contribution in [2.24, 2.45) is 0 Å². The van der Waals surface area contributed by atoms with Crippen LogP contribution in [0, 0.1) is 11.3 Å². The lowest BCUT2D eigenvalue weighted by atomic mass is 10.3. The summed E-state index contributed by atoms with van der Waals surface area (Å²) in [6.45, 7) is -1.78. The summed E-state index contributed by atoms with van der Waals surface area (Å²) in [6, 6.07) is 4.85. The molecule has 0 aromatic carbocycles. The molecule has 0 saturated carbocycles. The van der Waals surface area contributed by atoms with Gasteiger partial charge in [0, 0.05) is 6.20 Å². The fourth-order valence-electron chi connectivity index (χ4n) is 1.06. The molecule has 0 radical (unpaired) electrons. The molecule has 5 nitrogen and oxygen atoms in total. The van der Waals surface area contributed by atoms with Gasteiger partial charge in [-0.05, 0) is 12.1 Å². The fourth-order valence-corrected chi connectivity index (χ4v) is 1.06. The Bertz CT molecular complexity index is 467. The number of hydrogen-bond donors (Lipinski definition) is 2. The molecule has 8 heteroatoms. The number of nitrogens with one attached hydrogen (secondary N) is 2. The third kappa shape index (κ3) is 4.69. The second-order valence-electron chi connectivity index (χ2n) is 3.26. The molecule has 0 aliphatic rings. The Morgan fingerprint density at radius 2 is 2.22 bits per heavy atom. The Hall–Kier alpha value is -2.30. The minimum Gasteiger partial charge on any atom is -0.360 e. The topological polar surface area (TPSA) is 77.8 Å². The van der Waals surface area contributed by atoms with E-state index in [1.807, 2.05) is 6.07 Å². The van der Waals surface area contributed by atoms with E-state index < -0.39 is 18.6 Å². The molecular formula is C10H9F3N4O. The highest BCUT2D eigenvalue weighted by molar-refractivity contribution is 5.80. The zero-order valence-corrected chi connectivity index (χ0v) is 9.08. The minimum absolute atomic E-state index is 0.155. The van der Waals surface area contributed by atoms with Crippen LogP contribution in [-0.4, -0.2) is 30.2 Å². The predicted molar refractivity (Wildman–Crippen MR) is 56.5 cm³/mol. The largest absolute Gasteiger partial charge is 0.405 e. The summed E-state index contributed by atoms with van der Waals surface area (Å²) in [5.41, 5.74) is 0.209. The van der Waals surface area contributed by atoms with E-state index in [1.54, 1.807) is 5.32 Å². The maximum absolute atomic E-state index is 11.8. The number of nitrogens with zero attached hydrogens (tertiary/aromatic N) is 2. The van der Waals surface area contributed by atoms with Gasteiger partial charge in [0.2, 0.25) is 5.91 Å². The molecule has 2 N–H and O–H groups in total. The first-order chi connectivity index (χ1) is 8.42. The highest BCUT2D eigenvalue weighted by Gasteiger charge is 2.27. The molecule has 1 rings (SSSR count). The summed E-state index contributed by atoms with van der Waals surface area (Å²) < 4.78 is 35.4. The normalized spacial score (nSPS) is 10.6. The molecule has 0 saturated heterocycles. The number of halogens is 3. The van der Waals surface area contributed by atoms with E-state index in [0.29, 0.717) is 0 Å². The first-order valence-electron chi connectivity index (χ1n) is 4.85. The van der Waals surface area contributed by atoms with E-state index in [4.69, 9.17) is 5.26 Å². The summed E-state index contributed by atoms with van der Waals surface area (Å²) in [5.74, 6) is -0.677. The lowest BCUT2D eigenvalue weighted by molar-refractivity contribution is -0.137. The molecule has 0 bridgehead atoms. The number of amides is 1. The van der Waals surface area contributed by atoms with Crippen LogP contribution in [0.2, 0.25) is 0 Å². The Morgan fingerprint density at radius 3 is 2.83 bits per heavy atom. The summed E-state index contributed by atoms with van der Waals surface area (Å²) in [6.07, 6.45) is -3.05. The highest BCUT2D eigenvalue weighted by atomic mass is 19.4. The van der Waals surface area contributed by atoms with Crippen molar-refractivity contribution in [3.63, 3.8) is 0 Å². The Balaban J connectivity index is 2.46. The van der Waals surface area contributed by atoms with Crippen LogP contribution in [-0.2, 0) is 4.79 Å². The molecule has 0 fully saturated rings. The quantitative estimate of drug-likeness (QED) is 0.846. The zero-order chi connectivity index (χ0) is 13.6. The molecule has 0 spiro atoms. The van der Waals surface area contributed by atoms with Gasteiger partial charge in [-0.25, -0.2) is 4.98 Å². The van der Waals surface area contributed by atoms with Crippen molar-refractivity contribution in [2.75, 3.05) is 18.4 Å². The molecule has 1 aromatic heterocycles. The number of pyridine rings is 1. The van der Waals surface area contributed by atoms with E-state index in [9.17, 15) is 18.0 Å². The fraction of sp³-hybridized carbons (Fsp3) is 0.300. The van der Waals surface area contributed by atoms with Crippen molar-refractivity contribution < 1.29 is 18.0 Å². The van der Waals surface area contributed by atoms with Crippen molar-refractivity contribution >= 4 is 11.7 Å². The highest BCUT2D eigenvalue weighted by Crippen LogP contribution is 2.12. The molecule has 0 aliphatic carbocycles. The van der Waals surface area contributed by atoms with Crippen LogP contribution >= 0.6 is 0 Å². The first kappa shape index (κ1) is 13.8. The number of anilines is 1. The van der Waals surface area contributed by atoms with Crippen molar-refractivity contribution in [3.8, 4) is 6.07 Å². The minimum atomic E-state index is -4.45. The van der Waals surface area contributed by atoms with Gasteiger partial charge in [0.15, 0.2) is 0 Å². The monoisotopic (exact) mass is 258 g/mol. The van der Waals surface area contributed by atoms with Gasteiger partial charge in [-0.2, -0.15) is 18.4 Å². The summed E-state index contributed by atoms with van der Waals surface area (Å²) >= 11 is 0. The van der Waals surface area contributed by atoms with Gasteiger partial charge in [0.05, 0.1) is 12.1 Å². The number of nitriles is 1. The Kier molecular flexibility index (Phi) is 4.48. The summed E-state index contributed by atoms with van der Waals surface area (Å²) in [4.78, 5) is 14.9. The van der Waals surface area contributed by atoms with Crippen LogP contribution in [0.4, 0.5) is 19.0 Å². The standard InChI is InChI=1S/C10H9F3N4O/c11-10(12,13)6-17-8(18)5-16-9-7(4-14)2-1-3-15-9/h1-3H,5-6H2,(H,15,16)(H,17,18). The van der Waals surface area contributed by atoms with Gasteiger partial charge < -0.3 is 10.6 Å². The molecule has 0 atom stereocenters. The Morgan fingerprint density at radius 1 is 1.50 bits per heavy atom. The third-order valence-corrected chi connectivity index (χ3v) is 1.83. The number of aromatic nitrogens is 1. The first-order valence-corrected chi connectivity index (χ1v) is 4.85. The molecule has 96 valence electrons. The number of hydrogen-bond acceptors (Lipinski definition) is 4. The smallest absolute Gasteiger partial charge is 0.360 e. The molecule has 18 heavy (non-hydrogen) atoms. The van der Waals surface area contributed by atoms with Gasteiger partial charge in [-0.3, -0.25) is 4.79 Å². The number of carbonyl (C=O) groups excluding carboxylic acids is 1. The molecule has 0 unspecified atom stereocenters. The average molecular weight is 258 g/mol. The van der Waals surface area contributed by atoms with Crippen LogP contribution < -0.4 is 10.6 Å². The second-order valence-corrected chi connectivity index (χ2v) is 3.26. The SMILES string of the molecule is N#Cc1cccnc1NCC(=O)NCC(F)(F)F. The number of carbonyl (C=O) groups is 1. The van der Waals surface area contributed by atoms with Gasteiger partial charge >= 0.3 is 6.18 Å². The number of alkyl halides is 3. The lowest BCUT2D eigenvalue weighted by Crippen LogP contribution is -2.37. The van der Waals surface area contributed by atoms with E-state index >= 15 is 0 Å². The van der Waals surface area contributed by atoms with Crippen LogP contribution in [0.1, 0.15) is 5.56 Å². The van der Waals surface area contributed by atoms with Crippen molar-refractivity contribution in [3.05, 3.63) is 23.9 Å². The van der Waals surface area contributed by atoms with E-state index in [2.05, 4.69) is 10.3 Å². The molecule has 0 aliphatic heterocycles. The summed E-state index contributed by atoms with van der Waals surface area (Å²) in [7, 11) is 0. The molecule has 1 aromatic rings. The van der Waals surface area contributed by atoms with Gasteiger partial charge in [0.1, 0.15) is 18.4 Å². The maximum Gasteiger partial charge on any atom is 0.405 e. The van der Waals surface area contributed by atoms with Crippen molar-refractivity contribution in [1.82, 2.24) is 10.3 Å². The van der Waals surface area contributed by atoms with Crippen LogP contribution in [0.25, 0.3) is 0 Å². The average Bonchev–Trinajstić information content (AvgIpc) is 2.33. The maximum atomic E-state index is 11.8. The van der Waals surface area contributed by atoms with Gasteiger partial charge in [-0.15, -0.1) is 0 Å². The van der Waals surface area contributed by atoms with Crippen LogP contribution in [0.3, 0.4) is 0 Å². The second kappa shape index (κ2) is 5.86. The lowest BCUT2D eigenvalue weighted by Gasteiger charge is -2.09. The van der Waals surface area contributed by atoms with Crippen molar-refractivity contribution in [2.45, 2.75) is 6.18 Å². The van der Waals surface area contributed by atoms with E-state index in [0.717, 1.165) is 0 Å². The molecule has 1 heterocycles. The molecule has 1 amide bonds. The zero-order valence-electron chi connectivity index (χ0n) is 9.08. The predicted octanol–water partition coefficient (Wildman–Crippen LogP) is 1.04. The Labute approximate surface area is 101 Å². The van der Waals surface area contributed by atoms with Gasteiger partial charge in [-0.1, -0.05) is 0 Å². The third-order valence-electron chi connectivity index (χ3n) is 1.83. The summed E-state index contributed by atoms with van der Waals surface area (Å²) in [5, 5.41) is 12.9. The molecular weight excluding hydrogens is 249 g/mol. The van der Waals surface area contributed by atoms with Crippen LogP contribution in [0.15, 0.2) is 18.3 Å². The van der Waals surface area contributed by atoms with Crippen molar-refractivity contribution in [1.29, 1.82) is 5.26 Å². The van der Waals surface area contributed by atoms with Crippen LogP contribution in [0.5, 0.6) is 0 Å². The van der Waals surface area contributed by atoms with E-state index in [1.165, 1.54) is 18.3 Å². The van der Waals surface area contributed by atoms with Gasteiger partial charge in [0.25, 0.3) is 0 Å². The number of rotatable bonds is 4. The van der Waals surface area contributed by atoms with E-state index in [-0.39, 0.29) is 17.9 Å².